The van der Waals surface area contributed by atoms with Gasteiger partial charge >= 0.3 is 0 Å². The standard InChI is InChI=1S/C12H16ClN/c13-11-6-2-1-5-10(11)9-12(14)7-3-4-8-12/h1-2,5-6H,3-4,7-9,14H2. The molecule has 0 amide bonds. The second-order valence-corrected chi connectivity index (χ2v) is 4.74. The summed E-state index contributed by atoms with van der Waals surface area (Å²) in [4.78, 5) is 0. The molecule has 2 N–H and O–H groups in total. The largest absolute Gasteiger partial charge is 0.325 e. The Morgan fingerprint density at radius 1 is 1.21 bits per heavy atom. The SMILES string of the molecule is NC1(Cc2ccccc2Cl)CCCC1. The minimum absolute atomic E-state index is 0.00495. The van der Waals surface area contributed by atoms with Gasteiger partial charge in [0, 0.05) is 10.6 Å². The maximum absolute atomic E-state index is 6.30. The first-order valence-corrected chi connectivity index (χ1v) is 5.60. The predicted octanol–water partition coefficient (Wildman–Crippen LogP) is 3.15. The highest BCUT2D eigenvalue weighted by molar-refractivity contribution is 6.31. The maximum Gasteiger partial charge on any atom is 0.0438 e. The molecule has 14 heavy (non-hydrogen) atoms. The molecule has 0 atom stereocenters. The molecule has 1 fully saturated rings. The lowest BCUT2D eigenvalue weighted by Gasteiger charge is -2.23. The normalized spacial score (nSPS) is 19.9. The Morgan fingerprint density at radius 2 is 1.86 bits per heavy atom. The van der Waals surface area contributed by atoms with E-state index in [1.54, 1.807) is 0 Å². The molecule has 0 aromatic heterocycles. The Balaban J connectivity index is 2.14. The van der Waals surface area contributed by atoms with E-state index in [1.807, 2.05) is 18.2 Å². The van der Waals surface area contributed by atoms with Crippen LogP contribution in [0.15, 0.2) is 24.3 Å². The zero-order chi connectivity index (χ0) is 10.0. The van der Waals surface area contributed by atoms with Gasteiger partial charge in [-0.1, -0.05) is 42.6 Å². The molecule has 0 bridgehead atoms. The molecule has 1 nitrogen and oxygen atoms in total. The van der Waals surface area contributed by atoms with Crippen LogP contribution in [-0.4, -0.2) is 5.54 Å². The highest BCUT2D eigenvalue weighted by Gasteiger charge is 2.29. The molecule has 2 heteroatoms. The van der Waals surface area contributed by atoms with Crippen molar-refractivity contribution < 1.29 is 0 Å². The van der Waals surface area contributed by atoms with Crippen LogP contribution in [0.3, 0.4) is 0 Å². The molecule has 1 saturated carbocycles. The van der Waals surface area contributed by atoms with Crippen molar-refractivity contribution in [3.05, 3.63) is 34.9 Å². The first-order valence-electron chi connectivity index (χ1n) is 5.22. The third-order valence-corrected chi connectivity index (χ3v) is 3.47. The summed E-state index contributed by atoms with van der Waals surface area (Å²) in [6, 6.07) is 8.01. The molecular weight excluding hydrogens is 194 g/mol. The van der Waals surface area contributed by atoms with Crippen molar-refractivity contribution in [1.29, 1.82) is 0 Å². The lowest BCUT2D eigenvalue weighted by Crippen LogP contribution is -2.38. The minimum Gasteiger partial charge on any atom is -0.325 e. The number of benzene rings is 1. The number of hydrogen-bond acceptors (Lipinski definition) is 1. The zero-order valence-electron chi connectivity index (χ0n) is 8.30. The average Bonchev–Trinajstić information content (AvgIpc) is 2.57. The Kier molecular flexibility index (Phi) is 2.80. The third kappa shape index (κ3) is 2.10. The van der Waals surface area contributed by atoms with E-state index in [0.717, 1.165) is 24.3 Å². The zero-order valence-corrected chi connectivity index (χ0v) is 9.06. The lowest BCUT2D eigenvalue weighted by atomic mass is 9.90. The maximum atomic E-state index is 6.30. The lowest BCUT2D eigenvalue weighted by molar-refractivity contribution is 0.436. The summed E-state index contributed by atoms with van der Waals surface area (Å²) in [5.41, 5.74) is 7.50. The highest BCUT2D eigenvalue weighted by atomic mass is 35.5. The molecule has 2 rings (SSSR count). The van der Waals surface area contributed by atoms with Crippen LogP contribution < -0.4 is 5.73 Å². The summed E-state index contributed by atoms with van der Waals surface area (Å²) in [6.07, 6.45) is 5.73. The van der Waals surface area contributed by atoms with Gasteiger partial charge in [0.25, 0.3) is 0 Å². The van der Waals surface area contributed by atoms with Gasteiger partial charge in [0.15, 0.2) is 0 Å². The van der Waals surface area contributed by atoms with Crippen LogP contribution in [0, 0.1) is 0 Å². The van der Waals surface area contributed by atoms with Crippen LogP contribution in [0.25, 0.3) is 0 Å². The molecule has 1 aliphatic carbocycles. The second kappa shape index (κ2) is 3.92. The molecule has 0 heterocycles. The number of hydrogen-bond donors (Lipinski definition) is 1. The van der Waals surface area contributed by atoms with Crippen LogP contribution >= 0.6 is 11.6 Å². The smallest absolute Gasteiger partial charge is 0.0438 e. The van der Waals surface area contributed by atoms with Crippen LogP contribution in [0.2, 0.25) is 5.02 Å². The van der Waals surface area contributed by atoms with Crippen LogP contribution in [0.4, 0.5) is 0 Å². The summed E-state index contributed by atoms with van der Waals surface area (Å²) in [6.45, 7) is 0. The first-order chi connectivity index (χ1) is 6.70. The molecule has 0 spiro atoms. The van der Waals surface area contributed by atoms with E-state index in [0.29, 0.717) is 0 Å². The van der Waals surface area contributed by atoms with E-state index in [1.165, 1.54) is 18.4 Å². The van der Waals surface area contributed by atoms with Crippen molar-refractivity contribution in [3.8, 4) is 0 Å². The van der Waals surface area contributed by atoms with E-state index >= 15 is 0 Å². The molecule has 1 aromatic rings. The van der Waals surface area contributed by atoms with E-state index in [4.69, 9.17) is 17.3 Å². The van der Waals surface area contributed by atoms with Crippen molar-refractivity contribution in [1.82, 2.24) is 0 Å². The summed E-state index contributed by atoms with van der Waals surface area (Å²) in [5, 5.41) is 0.851. The van der Waals surface area contributed by atoms with Crippen molar-refractivity contribution >= 4 is 11.6 Å². The molecule has 0 aliphatic heterocycles. The predicted molar refractivity (Wildman–Crippen MR) is 60.5 cm³/mol. The molecular formula is C12H16ClN. The molecule has 76 valence electrons. The summed E-state index contributed by atoms with van der Waals surface area (Å²) >= 11 is 6.11. The highest BCUT2D eigenvalue weighted by Crippen LogP contribution is 2.32. The second-order valence-electron chi connectivity index (χ2n) is 4.34. The fraction of sp³-hybridized carbons (Fsp3) is 0.500. The topological polar surface area (TPSA) is 26.0 Å². The number of rotatable bonds is 2. The van der Waals surface area contributed by atoms with E-state index in [9.17, 15) is 0 Å². The van der Waals surface area contributed by atoms with Gasteiger partial charge in [-0.15, -0.1) is 0 Å². The van der Waals surface area contributed by atoms with Crippen molar-refractivity contribution in [2.75, 3.05) is 0 Å². The van der Waals surface area contributed by atoms with Gasteiger partial charge in [-0.3, -0.25) is 0 Å². The Bertz CT molecular complexity index is 316. The minimum atomic E-state index is 0.00495. The van der Waals surface area contributed by atoms with Gasteiger partial charge in [-0.05, 0) is 30.9 Å². The fourth-order valence-electron chi connectivity index (χ4n) is 2.28. The van der Waals surface area contributed by atoms with Gasteiger partial charge in [0.2, 0.25) is 0 Å². The van der Waals surface area contributed by atoms with E-state index in [-0.39, 0.29) is 5.54 Å². The molecule has 0 unspecified atom stereocenters. The van der Waals surface area contributed by atoms with Crippen molar-refractivity contribution in [2.24, 2.45) is 5.73 Å². The van der Waals surface area contributed by atoms with Gasteiger partial charge in [0.1, 0.15) is 0 Å². The van der Waals surface area contributed by atoms with Crippen LogP contribution in [0.1, 0.15) is 31.2 Å². The van der Waals surface area contributed by atoms with Crippen LogP contribution in [0.5, 0.6) is 0 Å². The Labute approximate surface area is 90.3 Å². The molecule has 0 radical (unpaired) electrons. The average molecular weight is 210 g/mol. The van der Waals surface area contributed by atoms with E-state index in [2.05, 4.69) is 6.07 Å². The van der Waals surface area contributed by atoms with E-state index < -0.39 is 0 Å². The van der Waals surface area contributed by atoms with Gasteiger partial charge in [0.05, 0.1) is 0 Å². The summed E-state index contributed by atoms with van der Waals surface area (Å²) in [5.74, 6) is 0. The van der Waals surface area contributed by atoms with Crippen molar-refractivity contribution in [3.63, 3.8) is 0 Å². The summed E-state index contributed by atoms with van der Waals surface area (Å²) in [7, 11) is 0. The quantitative estimate of drug-likeness (QED) is 0.796. The number of nitrogens with two attached hydrogens (primary N) is 1. The summed E-state index contributed by atoms with van der Waals surface area (Å²) < 4.78 is 0. The van der Waals surface area contributed by atoms with Crippen LogP contribution in [-0.2, 0) is 6.42 Å². The van der Waals surface area contributed by atoms with Gasteiger partial charge < -0.3 is 5.73 Å². The molecule has 1 aromatic carbocycles. The first kappa shape index (κ1) is 10.0. The third-order valence-electron chi connectivity index (χ3n) is 3.10. The van der Waals surface area contributed by atoms with Gasteiger partial charge in [-0.2, -0.15) is 0 Å². The molecule has 1 aliphatic rings. The van der Waals surface area contributed by atoms with Gasteiger partial charge in [-0.25, -0.2) is 0 Å². The monoisotopic (exact) mass is 209 g/mol. The number of halogens is 1. The van der Waals surface area contributed by atoms with Crippen molar-refractivity contribution in [2.45, 2.75) is 37.6 Å². The Morgan fingerprint density at radius 3 is 2.50 bits per heavy atom. The fourth-order valence-corrected chi connectivity index (χ4v) is 2.48. The molecule has 0 saturated heterocycles. The Hall–Kier alpha value is -0.530.